The lowest BCUT2D eigenvalue weighted by molar-refractivity contribution is -0.0504. The maximum atomic E-state index is 12.5. The summed E-state index contributed by atoms with van der Waals surface area (Å²) in [5.41, 5.74) is 3.42. The van der Waals surface area contributed by atoms with E-state index in [1.54, 1.807) is 18.2 Å². The number of urea groups is 1. The Labute approximate surface area is 175 Å². The predicted octanol–water partition coefficient (Wildman–Crippen LogP) is 4.06. The molecule has 1 saturated heterocycles. The van der Waals surface area contributed by atoms with Crippen LogP contribution in [0.5, 0.6) is 5.75 Å². The zero-order chi connectivity index (χ0) is 21.5. The third kappa shape index (κ3) is 5.82. The Bertz CT molecular complexity index is 855. The molecule has 0 spiro atoms. The van der Waals surface area contributed by atoms with E-state index in [1.807, 2.05) is 25.1 Å². The van der Waals surface area contributed by atoms with Gasteiger partial charge in [0.2, 0.25) is 0 Å². The zero-order valence-electron chi connectivity index (χ0n) is 17.3. The van der Waals surface area contributed by atoms with E-state index in [4.69, 9.17) is 0 Å². The van der Waals surface area contributed by atoms with E-state index >= 15 is 0 Å². The third-order valence-corrected chi connectivity index (χ3v) is 5.24. The Balaban J connectivity index is 1.55. The number of hydrogen-bond acceptors (Lipinski definition) is 4. The number of nitrogens with one attached hydrogen (secondary N) is 2. The minimum Gasteiger partial charge on any atom is -0.434 e. The number of carbonyl (C=O) groups is 1. The minimum absolute atomic E-state index is 0.0520. The van der Waals surface area contributed by atoms with E-state index in [2.05, 4.69) is 32.1 Å². The summed E-state index contributed by atoms with van der Waals surface area (Å²) in [6.45, 7) is 6.52. The molecule has 30 heavy (non-hydrogen) atoms. The molecule has 0 radical (unpaired) electrons. The number of alkyl halides is 2. The fourth-order valence-electron chi connectivity index (χ4n) is 3.60. The third-order valence-electron chi connectivity index (χ3n) is 5.24. The van der Waals surface area contributed by atoms with Crippen LogP contribution in [-0.4, -0.2) is 50.3 Å². The lowest BCUT2D eigenvalue weighted by Gasteiger charge is -2.36. The standard InChI is InChI=1S/C22H28F2N4O2/c1-3-27-10-12-28(13-11-27)19-9-8-18(14-16(19)2)26-22(29)25-15-17-6-4-5-7-20(17)30-21(23)24/h4-9,14,21H,3,10-13,15H2,1-2H3,(H2,25,26,29). The van der Waals surface area contributed by atoms with Gasteiger partial charge in [-0.3, -0.25) is 0 Å². The van der Waals surface area contributed by atoms with Crippen molar-refractivity contribution in [3.63, 3.8) is 0 Å². The number of aryl methyl sites for hydroxylation is 1. The van der Waals surface area contributed by atoms with E-state index in [0.717, 1.165) is 38.3 Å². The Morgan fingerprint density at radius 1 is 1.13 bits per heavy atom. The molecular formula is C22H28F2N4O2. The van der Waals surface area contributed by atoms with Crippen molar-refractivity contribution in [3.05, 3.63) is 53.6 Å². The second-order valence-corrected chi connectivity index (χ2v) is 7.22. The fraction of sp³-hybridized carbons (Fsp3) is 0.409. The second-order valence-electron chi connectivity index (χ2n) is 7.22. The molecule has 1 aliphatic rings. The van der Waals surface area contributed by atoms with E-state index in [9.17, 15) is 13.6 Å². The van der Waals surface area contributed by atoms with Gasteiger partial charge in [-0.2, -0.15) is 8.78 Å². The average Bonchev–Trinajstić information content (AvgIpc) is 2.73. The van der Waals surface area contributed by atoms with Gasteiger partial charge in [0, 0.05) is 49.7 Å². The molecule has 0 bridgehead atoms. The highest BCUT2D eigenvalue weighted by Crippen LogP contribution is 2.25. The molecule has 8 heteroatoms. The van der Waals surface area contributed by atoms with Crippen LogP contribution in [0.25, 0.3) is 0 Å². The van der Waals surface area contributed by atoms with E-state index in [-0.39, 0.29) is 12.3 Å². The lowest BCUT2D eigenvalue weighted by Crippen LogP contribution is -2.46. The van der Waals surface area contributed by atoms with Gasteiger partial charge in [-0.1, -0.05) is 25.1 Å². The summed E-state index contributed by atoms with van der Waals surface area (Å²) in [7, 11) is 0. The molecule has 2 aromatic carbocycles. The summed E-state index contributed by atoms with van der Waals surface area (Å²) in [5.74, 6) is 0.0520. The van der Waals surface area contributed by atoms with Gasteiger partial charge in [0.15, 0.2) is 0 Å². The number of halogens is 2. The smallest absolute Gasteiger partial charge is 0.387 e. The molecule has 2 N–H and O–H groups in total. The maximum Gasteiger partial charge on any atom is 0.387 e. The van der Waals surface area contributed by atoms with Crippen LogP contribution < -0.4 is 20.3 Å². The van der Waals surface area contributed by atoms with Gasteiger partial charge >= 0.3 is 12.6 Å². The van der Waals surface area contributed by atoms with Crippen molar-refractivity contribution >= 4 is 17.4 Å². The highest BCUT2D eigenvalue weighted by atomic mass is 19.3. The highest BCUT2D eigenvalue weighted by Gasteiger charge is 2.17. The number of para-hydroxylation sites is 1. The van der Waals surface area contributed by atoms with Crippen LogP contribution in [0.1, 0.15) is 18.1 Å². The van der Waals surface area contributed by atoms with Crippen molar-refractivity contribution < 1.29 is 18.3 Å². The summed E-state index contributed by atoms with van der Waals surface area (Å²) in [4.78, 5) is 17.1. The molecule has 0 aliphatic carbocycles. The van der Waals surface area contributed by atoms with Crippen LogP contribution in [0, 0.1) is 6.92 Å². The van der Waals surface area contributed by atoms with Crippen LogP contribution in [-0.2, 0) is 6.54 Å². The molecule has 0 atom stereocenters. The largest absolute Gasteiger partial charge is 0.434 e. The normalized spacial score (nSPS) is 14.6. The number of carbonyl (C=O) groups excluding carboxylic acids is 1. The van der Waals surface area contributed by atoms with Gasteiger partial charge < -0.3 is 25.2 Å². The maximum absolute atomic E-state index is 12.5. The lowest BCUT2D eigenvalue weighted by atomic mass is 10.1. The average molecular weight is 418 g/mol. The quantitative estimate of drug-likeness (QED) is 0.712. The molecule has 162 valence electrons. The van der Waals surface area contributed by atoms with Crippen LogP contribution in [0.4, 0.5) is 25.0 Å². The van der Waals surface area contributed by atoms with E-state index in [1.165, 1.54) is 11.8 Å². The predicted molar refractivity (Wildman–Crippen MR) is 114 cm³/mol. The number of ether oxygens (including phenoxy) is 1. The number of hydrogen-bond donors (Lipinski definition) is 2. The summed E-state index contributed by atoms with van der Waals surface area (Å²) < 4.78 is 29.5. The number of likely N-dealkylation sites (N-methyl/N-ethyl adjacent to an activating group) is 1. The molecule has 1 heterocycles. The first-order valence-corrected chi connectivity index (χ1v) is 10.1. The fourth-order valence-corrected chi connectivity index (χ4v) is 3.60. The second kappa shape index (κ2) is 10.2. The van der Waals surface area contributed by atoms with Crippen LogP contribution in [0.15, 0.2) is 42.5 Å². The Hall–Kier alpha value is -2.87. The number of nitrogens with zero attached hydrogens (tertiary/aromatic N) is 2. The van der Waals surface area contributed by atoms with Crippen LogP contribution in [0.3, 0.4) is 0 Å². The molecule has 0 unspecified atom stereocenters. The van der Waals surface area contributed by atoms with E-state index in [0.29, 0.717) is 11.3 Å². The summed E-state index contributed by atoms with van der Waals surface area (Å²) in [5, 5.41) is 5.47. The highest BCUT2D eigenvalue weighted by molar-refractivity contribution is 5.89. The van der Waals surface area contributed by atoms with Gasteiger partial charge in [-0.05, 0) is 43.3 Å². The van der Waals surface area contributed by atoms with Crippen molar-refractivity contribution in [1.29, 1.82) is 0 Å². The minimum atomic E-state index is -2.91. The summed E-state index contributed by atoms with van der Waals surface area (Å²) >= 11 is 0. The van der Waals surface area contributed by atoms with Crippen molar-refractivity contribution in [2.75, 3.05) is 42.9 Å². The molecule has 0 saturated carbocycles. The summed E-state index contributed by atoms with van der Waals surface area (Å²) in [6.07, 6.45) is 0. The van der Waals surface area contributed by atoms with Gasteiger partial charge in [0.1, 0.15) is 5.75 Å². The Morgan fingerprint density at radius 2 is 1.87 bits per heavy atom. The van der Waals surface area contributed by atoms with Crippen molar-refractivity contribution in [2.24, 2.45) is 0 Å². The molecular weight excluding hydrogens is 390 g/mol. The number of anilines is 2. The Kier molecular flexibility index (Phi) is 7.46. The number of amides is 2. The zero-order valence-corrected chi connectivity index (χ0v) is 17.3. The number of piperazine rings is 1. The molecule has 6 nitrogen and oxygen atoms in total. The molecule has 0 aromatic heterocycles. The summed E-state index contributed by atoms with van der Waals surface area (Å²) in [6, 6.07) is 11.8. The molecule has 1 fully saturated rings. The van der Waals surface area contributed by atoms with Crippen LogP contribution in [0.2, 0.25) is 0 Å². The number of rotatable bonds is 7. The van der Waals surface area contributed by atoms with Gasteiger partial charge in [0.05, 0.1) is 0 Å². The first-order valence-electron chi connectivity index (χ1n) is 10.1. The van der Waals surface area contributed by atoms with Gasteiger partial charge in [-0.25, -0.2) is 4.79 Å². The molecule has 3 rings (SSSR count). The Morgan fingerprint density at radius 3 is 2.53 bits per heavy atom. The van der Waals surface area contributed by atoms with Crippen molar-refractivity contribution in [3.8, 4) is 5.75 Å². The molecule has 2 aromatic rings. The van der Waals surface area contributed by atoms with Gasteiger partial charge in [0.25, 0.3) is 0 Å². The van der Waals surface area contributed by atoms with E-state index < -0.39 is 12.6 Å². The monoisotopic (exact) mass is 418 g/mol. The van der Waals surface area contributed by atoms with Gasteiger partial charge in [-0.15, -0.1) is 0 Å². The van der Waals surface area contributed by atoms with Crippen molar-refractivity contribution in [1.82, 2.24) is 10.2 Å². The topological polar surface area (TPSA) is 56.8 Å². The van der Waals surface area contributed by atoms with Crippen LogP contribution >= 0.6 is 0 Å². The first kappa shape index (κ1) is 21.8. The number of benzene rings is 2. The van der Waals surface area contributed by atoms with Crippen molar-refractivity contribution in [2.45, 2.75) is 27.0 Å². The molecule has 2 amide bonds. The first-order chi connectivity index (χ1) is 14.5. The SMILES string of the molecule is CCN1CCN(c2ccc(NC(=O)NCc3ccccc3OC(F)F)cc2C)CC1. The molecule has 1 aliphatic heterocycles.